The minimum atomic E-state index is -0.112. The van der Waals surface area contributed by atoms with Crippen LogP contribution >= 0.6 is 0 Å². The lowest BCUT2D eigenvalue weighted by molar-refractivity contribution is 0.660. The number of para-hydroxylation sites is 1. The zero-order valence-electron chi connectivity index (χ0n) is 31.9. The molecular formula is C55H39NO. The summed E-state index contributed by atoms with van der Waals surface area (Å²) in [5, 5.41) is 4.59. The van der Waals surface area contributed by atoms with Crippen LogP contribution in [0.25, 0.3) is 77.2 Å². The summed E-state index contributed by atoms with van der Waals surface area (Å²) in [6.45, 7) is 4.70. The molecule has 1 aromatic heterocycles. The average Bonchev–Trinajstić information content (AvgIpc) is 3.75. The lowest BCUT2D eigenvalue weighted by atomic mass is 9.81. The van der Waals surface area contributed by atoms with Crippen molar-refractivity contribution < 1.29 is 4.42 Å². The third kappa shape index (κ3) is 5.33. The summed E-state index contributed by atoms with van der Waals surface area (Å²) in [5.41, 5.74) is 17.2. The molecule has 0 aliphatic heterocycles. The second-order valence-electron chi connectivity index (χ2n) is 15.7. The molecule has 57 heavy (non-hydrogen) atoms. The Morgan fingerprint density at radius 3 is 1.61 bits per heavy atom. The zero-order chi connectivity index (χ0) is 38.1. The summed E-state index contributed by atoms with van der Waals surface area (Å²) in [5.74, 6) is 0. The minimum Gasteiger partial charge on any atom is -0.453 e. The maximum atomic E-state index is 7.28. The van der Waals surface area contributed by atoms with E-state index < -0.39 is 0 Å². The van der Waals surface area contributed by atoms with E-state index in [1.54, 1.807) is 0 Å². The fourth-order valence-corrected chi connectivity index (χ4v) is 9.20. The smallest absolute Gasteiger partial charge is 0.159 e. The van der Waals surface area contributed by atoms with Gasteiger partial charge in [-0.3, -0.25) is 0 Å². The molecule has 9 aromatic carbocycles. The van der Waals surface area contributed by atoms with Crippen molar-refractivity contribution in [3.05, 3.63) is 211 Å². The molecular weight excluding hydrogens is 691 g/mol. The number of furan rings is 1. The van der Waals surface area contributed by atoms with Crippen LogP contribution in [0.2, 0.25) is 0 Å². The molecule has 0 unspecified atom stereocenters. The van der Waals surface area contributed by atoms with E-state index in [0.29, 0.717) is 0 Å². The Bertz CT molecular complexity index is 3040. The Hall–Kier alpha value is -7.16. The van der Waals surface area contributed by atoms with Crippen LogP contribution in [0.15, 0.2) is 205 Å². The largest absolute Gasteiger partial charge is 0.453 e. The number of benzene rings is 9. The van der Waals surface area contributed by atoms with Crippen LogP contribution in [0.4, 0.5) is 17.1 Å². The monoisotopic (exact) mass is 729 g/mol. The number of nitrogens with zero attached hydrogens (tertiary/aromatic N) is 1. The topological polar surface area (TPSA) is 16.4 Å². The fraction of sp³-hybridized carbons (Fsp3) is 0.0545. The van der Waals surface area contributed by atoms with Crippen molar-refractivity contribution in [1.82, 2.24) is 0 Å². The van der Waals surface area contributed by atoms with Gasteiger partial charge in [-0.15, -0.1) is 0 Å². The van der Waals surface area contributed by atoms with Crippen LogP contribution in [0.1, 0.15) is 25.0 Å². The third-order valence-corrected chi connectivity index (χ3v) is 12.1. The molecule has 270 valence electrons. The van der Waals surface area contributed by atoms with E-state index in [2.05, 4.69) is 219 Å². The number of rotatable bonds is 6. The standard InChI is InChI=1S/C55H39NO/c1-55(2)49-22-12-11-20-45(49)46-33-28-41(35-50(46)55)52-44-19-10-9-18-40(44)34-48-47-21-13-23-51(53(47)57-54(48)52)56(42-29-24-38(25-30-42)36-14-5-3-6-15-36)43-31-26-39(27-32-43)37-16-7-4-8-17-37/h3-35H,1-2H3. The molecule has 2 heteroatoms. The predicted octanol–water partition coefficient (Wildman–Crippen LogP) is 15.5. The first-order valence-corrected chi connectivity index (χ1v) is 19.8. The van der Waals surface area contributed by atoms with Crippen LogP contribution in [0.3, 0.4) is 0 Å². The minimum absolute atomic E-state index is 0.112. The number of anilines is 3. The van der Waals surface area contributed by atoms with Crippen molar-refractivity contribution in [3.8, 4) is 44.5 Å². The molecule has 10 aromatic rings. The average molecular weight is 730 g/mol. The first kappa shape index (κ1) is 33.2. The van der Waals surface area contributed by atoms with Gasteiger partial charge in [0.05, 0.1) is 5.69 Å². The summed E-state index contributed by atoms with van der Waals surface area (Å²) >= 11 is 0. The molecule has 1 heterocycles. The van der Waals surface area contributed by atoms with Gasteiger partial charge < -0.3 is 9.32 Å². The van der Waals surface area contributed by atoms with Crippen molar-refractivity contribution in [1.29, 1.82) is 0 Å². The SMILES string of the molecule is CC1(C)c2ccccc2-c2ccc(-c3c4ccccc4cc4c3oc3c(N(c5ccc(-c6ccccc6)cc5)c5ccc(-c6ccccc6)cc5)cccc34)cc21. The van der Waals surface area contributed by atoms with Gasteiger partial charge in [-0.1, -0.05) is 172 Å². The normalized spacial score (nSPS) is 12.9. The highest BCUT2D eigenvalue weighted by Crippen LogP contribution is 2.51. The van der Waals surface area contributed by atoms with E-state index in [-0.39, 0.29) is 5.41 Å². The van der Waals surface area contributed by atoms with Gasteiger partial charge in [0.25, 0.3) is 0 Å². The number of hydrogen-bond acceptors (Lipinski definition) is 2. The van der Waals surface area contributed by atoms with E-state index in [0.717, 1.165) is 44.6 Å². The van der Waals surface area contributed by atoms with Gasteiger partial charge in [0, 0.05) is 33.1 Å². The first-order valence-electron chi connectivity index (χ1n) is 19.8. The maximum Gasteiger partial charge on any atom is 0.159 e. The van der Waals surface area contributed by atoms with E-state index in [1.165, 1.54) is 60.8 Å². The van der Waals surface area contributed by atoms with Crippen LogP contribution in [0, 0.1) is 0 Å². The van der Waals surface area contributed by atoms with Gasteiger partial charge >= 0.3 is 0 Å². The molecule has 0 fully saturated rings. The molecule has 0 amide bonds. The van der Waals surface area contributed by atoms with Gasteiger partial charge in [-0.25, -0.2) is 0 Å². The van der Waals surface area contributed by atoms with Crippen LogP contribution in [-0.4, -0.2) is 0 Å². The molecule has 0 spiro atoms. The molecule has 0 saturated heterocycles. The molecule has 0 saturated carbocycles. The maximum absolute atomic E-state index is 7.28. The van der Waals surface area contributed by atoms with E-state index in [1.807, 2.05) is 0 Å². The third-order valence-electron chi connectivity index (χ3n) is 12.1. The highest BCUT2D eigenvalue weighted by molar-refractivity contribution is 6.20. The van der Waals surface area contributed by atoms with E-state index >= 15 is 0 Å². The molecule has 0 radical (unpaired) electrons. The molecule has 0 N–H and O–H groups in total. The van der Waals surface area contributed by atoms with E-state index in [9.17, 15) is 0 Å². The highest BCUT2D eigenvalue weighted by atomic mass is 16.3. The number of hydrogen-bond donors (Lipinski definition) is 0. The van der Waals surface area contributed by atoms with Gasteiger partial charge in [-0.2, -0.15) is 0 Å². The van der Waals surface area contributed by atoms with E-state index in [4.69, 9.17) is 4.42 Å². The lowest BCUT2D eigenvalue weighted by Gasteiger charge is -2.26. The quantitative estimate of drug-likeness (QED) is 0.169. The van der Waals surface area contributed by atoms with Crippen molar-refractivity contribution in [2.24, 2.45) is 0 Å². The van der Waals surface area contributed by atoms with Crippen molar-refractivity contribution in [3.63, 3.8) is 0 Å². The number of fused-ring (bicyclic) bond motifs is 7. The van der Waals surface area contributed by atoms with Crippen molar-refractivity contribution in [2.75, 3.05) is 4.90 Å². The van der Waals surface area contributed by atoms with Gasteiger partial charge in [0.1, 0.15) is 5.58 Å². The Balaban J connectivity index is 1.12. The van der Waals surface area contributed by atoms with Crippen LogP contribution in [-0.2, 0) is 5.41 Å². The Labute approximate surface area is 332 Å². The second kappa shape index (κ2) is 13.0. The Kier molecular flexibility index (Phi) is 7.55. The summed E-state index contributed by atoms with van der Waals surface area (Å²) in [6, 6.07) is 72.3. The van der Waals surface area contributed by atoms with Gasteiger partial charge in [0.15, 0.2) is 5.58 Å². The predicted molar refractivity (Wildman–Crippen MR) is 240 cm³/mol. The molecule has 1 aliphatic rings. The second-order valence-corrected chi connectivity index (χ2v) is 15.7. The lowest BCUT2D eigenvalue weighted by Crippen LogP contribution is -2.14. The Morgan fingerprint density at radius 1 is 0.386 bits per heavy atom. The van der Waals surface area contributed by atoms with Gasteiger partial charge in [0.2, 0.25) is 0 Å². The van der Waals surface area contributed by atoms with Gasteiger partial charge in [-0.05, 0) is 103 Å². The Morgan fingerprint density at radius 2 is 0.930 bits per heavy atom. The van der Waals surface area contributed by atoms with Crippen LogP contribution in [0.5, 0.6) is 0 Å². The molecule has 11 rings (SSSR count). The summed E-state index contributed by atoms with van der Waals surface area (Å²) in [4.78, 5) is 2.34. The fourth-order valence-electron chi connectivity index (χ4n) is 9.20. The summed E-state index contributed by atoms with van der Waals surface area (Å²) in [7, 11) is 0. The van der Waals surface area contributed by atoms with Crippen LogP contribution < -0.4 is 4.90 Å². The zero-order valence-corrected chi connectivity index (χ0v) is 31.9. The van der Waals surface area contributed by atoms with Crippen molar-refractivity contribution in [2.45, 2.75) is 19.3 Å². The van der Waals surface area contributed by atoms with Crippen molar-refractivity contribution >= 4 is 49.8 Å². The molecule has 0 atom stereocenters. The summed E-state index contributed by atoms with van der Waals surface area (Å²) < 4.78 is 7.28. The first-order chi connectivity index (χ1) is 28.0. The molecule has 1 aliphatic carbocycles. The summed E-state index contributed by atoms with van der Waals surface area (Å²) in [6.07, 6.45) is 0. The molecule has 0 bridgehead atoms. The molecule has 2 nitrogen and oxygen atoms in total. The highest BCUT2D eigenvalue weighted by Gasteiger charge is 2.35.